The van der Waals surface area contributed by atoms with E-state index in [1.807, 2.05) is 4.90 Å². The third-order valence-corrected chi connectivity index (χ3v) is 7.53. The van der Waals surface area contributed by atoms with E-state index in [4.69, 9.17) is 15.2 Å². The number of aromatic nitrogens is 1. The molecule has 4 aromatic rings. The molecular weight excluding hydrogens is 523 g/mol. The number of thiophene rings is 1. The van der Waals surface area contributed by atoms with Crippen LogP contribution in [0.4, 0.5) is 10.1 Å². The zero-order chi connectivity index (χ0) is 27.5. The fraction of sp³-hybridized carbons (Fsp3) is 0.214. The molecule has 5 rings (SSSR count). The van der Waals surface area contributed by atoms with Crippen molar-refractivity contribution in [1.82, 2.24) is 9.88 Å². The summed E-state index contributed by atoms with van der Waals surface area (Å²) >= 11 is 1.24. The van der Waals surface area contributed by atoms with E-state index in [0.717, 1.165) is 32.0 Å². The van der Waals surface area contributed by atoms with Gasteiger partial charge in [0.2, 0.25) is 11.8 Å². The predicted molar refractivity (Wildman–Crippen MR) is 145 cm³/mol. The Hall–Kier alpha value is -4.51. The number of ether oxygens (including phenoxy) is 2. The molecule has 1 aliphatic rings. The van der Waals surface area contributed by atoms with Gasteiger partial charge in [0.25, 0.3) is 5.91 Å². The Bertz CT molecular complexity index is 1570. The molecule has 0 spiro atoms. The number of carbonyl (C=O) groups is 3. The number of para-hydroxylation sites is 2. The van der Waals surface area contributed by atoms with Crippen molar-refractivity contribution in [2.75, 3.05) is 25.5 Å². The van der Waals surface area contributed by atoms with Crippen molar-refractivity contribution >= 4 is 45.0 Å². The van der Waals surface area contributed by atoms with Gasteiger partial charge in [-0.15, -0.1) is 11.3 Å². The Kier molecular flexibility index (Phi) is 7.42. The summed E-state index contributed by atoms with van der Waals surface area (Å²) < 4.78 is 26.9. The summed E-state index contributed by atoms with van der Waals surface area (Å²) in [5.41, 5.74) is 6.50. The van der Waals surface area contributed by atoms with Gasteiger partial charge in [-0.1, -0.05) is 18.2 Å². The van der Waals surface area contributed by atoms with Crippen LogP contribution in [-0.4, -0.2) is 47.8 Å². The fourth-order valence-corrected chi connectivity index (χ4v) is 5.51. The molecule has 3 N–H and O–H groups in total. The highest BCUT2D eigenvalue weighted by atomic mass is 32.1. The molecule has 0 bridgehead atoms. The summed E-state index contributed by atoms with van der Waals surface area (Å²) in [6.07, 6.45) is 3.49. The van der Waals surface area contributed by atoms with Gasteiger partial charge in [-0.05, 0) is 48.7 Å². The second kappa shape index (κ2) is 11.1. The first-order valence-electron chi connectivity index (χ1n) is 12.2. The normalized spacial score (nSPS) is 13.7. The lowest BCUT2D eigenvalue weighted by Gasteiger charge is -2.16. The number of fused-ring (bicyclic) bond motifs is 1. The second-order valence-electron chi connectivity index (χ2n) is 8.95. The topological polar surface area (TPSA) is 124 Å². The molecule has 3 amide bonds. The number of nitrogens with two attached hydrogens (primary N) is 1. The van der Waals surface area contributed by atoms with Crippen molar-refractivity contribution in [2.45, 2.75) is 18.8 Å². The molecule has 1 fully saturated rings. The highest BCUT2D eigenvalue weighted by Crippen LogP contribution is 2.37. The Morgan fingerprint density at radius 1 is 1.05 bits per heavy atom. The van der Waals surface area contributed by atoms with Crippen LogP contribution in [0.3, 0.4) is 0 Å². The zero-order valence-corrected chi connectivity index (χ0v) is 21.8. The maximum absolute atomic E-state index is 15.2. The van der Waals surface area contributed by atoms with Gasteiger partial charge < -0.3 is 25.4 Å². The average molecular weight is 549 g/mol. The van der Waals surface area contributed by atoms with E-state index in [0.29, 0.717) is 32.3 Å². The number of methoxy groups -OCH3 is 1. The Balaban J connectivity index is 1.38. The van der Waals surface area contributed by atoms with Crippen LogP contribution in [0.5, 0.6) is 17.2 Å². The number of hydrogen-bond acceptors (Lipinski definition) is 7. The molecule has 39 heavy (non-hydrogen) atoms. The number of nitrogens with zero attached hydrogens (tertiary/aromatic N) is 2. The van der Waals surface area contributed by atoms with Gasteiger partial charge in [-0.25, -0.2) is 4.39 Å². The predicted octanol–water partition coefficient (Wildman–Crippen LogP) is 4.68. The molecule has 1 unspecified atom stereocenters. The molecule has 1 atom stereocenters. The number of pyridine rings is 1. The lowest BCUT2D eigenvalue weighted by Crippen LogP contribution is -2.32. The van der Waals surface area contributed by atoms with E-state index >= 15 is 4.39 Å². The van der Waals surface area contributed by atoms with Crippen LogP contribution in [0.15, 0.2) is 60.8 Å². The summed E-state index contributed by atoms with van der Waals surface area (Å²) in [6.45, 7) is 1.45. The number of halogens is 1. The van der Waals surface area contributed by atoms with Gasteiger partial charge in [0, 0.05) is 25.4 Å². The average Bonchev–Trinajstić information content (AvgIpc) is 3.61. The van der Waals surface area contributed by atoms with E-state index in [2.05, 4.69) is 10.3 Å². The van der Waals surface area contributed by atoms with Crippen LogP contribution >= 0.6 is 11.3 Å². The van der Waals surface area contributed by atoms with Crippen LogP contribution < -0.4 is 20.5 Å². The summed E-state index contributed by atoms with van der Waals surface area (Å²) in [7, 11) is 1.45. The number of benzene rings is 2. The van der Waals surface area contributed by atoms with Gasteiger partial charge in [-0.2, -0.15) is 0 Å². The van der Waals surface area contributed by atoms with Gasteiger partial charge in [0.15, 0.2) is 11.6 Å². The number of nitrogens with one attached hydrogen (secondary N) is 1. The van der Waals surface area contributed by atoms with Gasteiger partial charge in [0.1, 0.15) is 17.4 Å². The monoisotopic (exact) mass is 548 g/mol. The first-order valence-corrected chi connectivity index (χ1v) is 13.1. The molecule has 1 saturated heterocycles. The van der Waals surface area contributed by atoms with Crippen molar-refractivity contribution in [2.24, 2.45) is 5.73 Å². The Morgan fingerprint density at radius 2 is 1.82 bits per heavy atom. The molecular formula is C28H25FN4O5S. The van der Waals surface area contributed by atoms with E-state index in [-0.39, 0.29) is 17.2 Å². The maximum atomic E-state index is 15.2. The SMILES string of the molecule is COc1ccccc1NC(=O)C(C(N)=O)c1ccc(Oc2ccnc3cc(C(=O)N4CCCC4)sc23)c(F)c1. The quantitative estimate of drug-likeness (QED) is 0.308. The summed E-state index contributed by atoms with van der Waals surface area (Å²) in [5.74, 6) is -3.38. The third-order valence-electron chi connectivity index (χ3n) is 6.40. The number of anilines is 1. The van der Waals surface area contributed by atoms with Crippen molar-refractivity contribution in [1.29, 1.82) is 0 Å². The number of amides is 3. The molecule has 1 aliphatic heterocycles. The highest BCUT2D eigenvalue weighted by molar-refractivity contribution is 7.21. The first-order chi connectivity index (χ1) is 18.9. The minimum Gasteiger partial charge on any atom is -0.495 e. The second-order valence-corrected chi connectivity index (χ2v) is 10.0. The number of primary amides is 1. The van der Waals surface area contributed by atoms with Gasteiger partial charge >= 0.3 is 0 Å². The number of carbonyl (C=O) groups excluding carboxylic acids is 3. The lowest BCUT2D eigenvalue weighted by atomic mass is 9.97. The molecule has 0 aliphatic carbocycles. The maximum Gasteiger partial charge on any atom is 0.264 e. The van der Waals surface area contributed by atoms with E-state index in [9.17, 15) is 14.4 Å². The van der Waals surface area contributed by atoms with Crippen LogP contribution in [0.1, 0.15) is 34.0 Å². The van der Waals surface area contributed by atoms with Crippen molar-refractivity contribution in [3.05, 3.63) is 77.1 Å². The molecule has 2 aromatic heterocycles. The smallest absolute Gasteiger partial charge is 0.264 e. The van der Waals surface area contributed by atoms with Gasteiger partial charge in [-0.3, -0.25) is 19.4 Å². The van der Waals surface area contributed by atoms with Crippen LogP contribution in [-0.2, 0) is 9.59 Å². The van der Waals surface area contributed by atoms with Crippen molar-refractivity contribution < 1.29 is 28.2 Å². The summed E-state index contributed by atoms with van der Waals surface area (Å²) in [5, 5.41) is 2.61. The number of likely N-dealkylation sites (tertiary alicyclic amines) is 1. The highest BCUT2D eigenvalue weighted by Gasteiger charge is 2.29. The lowest BCUT2D eigenvalue weighted by molar-refractivity contribution is -0.127. The molecule has 0 radical (unpaired) electrons. The fourth-order valence-electron chi connectivity index (χ4n) is 4.47. The molecule has 200 valence electrons. The zero-order valence-electron chi connectivity index (χ0n) is 21.0. The van der Waals surface area contributed by atoms with E-state index in [1.54, 1.807) is 36.4 Å². The molecule has 0 saturated carbocycles. The molecule has 11 heteroatoms. The van der Waals surface area contributed by atoms with E-state index < -0.39 is 23.5 Å². The minimum atomic E-state index is -1.46. The number of hydrogen-bond donors (Lipinski definition) is 2. The summed E-state index contributed by atoms with van der Waals surface area (Å²) in [6, 6.07) is 13.8. The molecule has 2 aromatic carbocycles. The first kappa shape index (κ1) is 26.1. The van der Waals surface area contributed by atoms with E-state index in [1.165, 1.54) is 36.8 Å². The number of rotatable bonds is 8. The standard InChI is InChI=1S/C28H25FN4O5S/c1-37-21-7-3-2-6-18(21)32-27(35)24(26(30)34)16-8-9-20(17(29)14-16)38-22-10-11-31-19-15-23(39-25(19)22)28(36)33-12-4-5-13-33/h2-3,6-11,14-15,24H,4-5,12-13H2,1H3,(H2,30,34)(H,32,35). The van der Waals surface area contributed by atoms with Crippen LogP contribution in [0, 0.1) is 5.82 Å². The Labute approximate surface area is 227 Å². The summed E-state index contributed by atoms with van der Waals surface area (Å²) in [4.78, 5) is 44.7. The van der Waals surface area contributed by atoms with Crippen LogP contribution in [0.2, 0.25) is 0 Å². The minimum absolute atomic E-state index is 0.0547. The van der Waals surface area contributed by atoms with Crippen LogP contribution in [0.25, 0.3) is 10.2 Å². The largest absolute Gasteiger partial charge is 0.495 e. The Morgan fingerprint density at radius 3 is 2.54 bits per heavy atom. The molecule has 3 heterocycles. The van der Waals surface area contributed by atoms with Gasteiger partial charge in [0.05, 0.1) is 27.9 Å². The molecule has 9 nitrogen and oxygen atoms in total. The van der Waals surface area contributed by atoms with Crippen molar-refractivity contribution in [3.8, 4) is 17.2 Å². The van der Waals surface area contributed by atoms with Crippen molar-refractivity contribution in [3.63, 3.8) is 0 Å². The third kappa shape index (κ3) is 5.39.